The van der Waals surface area contributed by atoms with Crippen LogP contribution in [-0.4, -0.2) is 126 Å². The van der Waals surface area contributed by atoms with Crippen LogP contribution in [0.1, 0.15) is 93.3 Å². The highest BCUT2D eigenvalue weighted by Crippen LogP contribution is 2.42. The Morgan fingerprint density at radius 1 is 0.667 bits per heavy atom. The van der Waals surface area contributed by atoms with Crippen molar-refractivity contribution in [2.45, 2.75) is 119 Å². The van der Waals surface area contributed by atoms with Crippen LogP contribution in [0.5, 0.6) is 0 Å². The van der Waals surface area contributed by atoms with Crippen LogP contribution in [0.3, 0.4) is 0 Å². The average Bonchev–Trinajstić information content (AvgIpc) is 2.93. The molecule has 1 saturated heterocycles. The van der Waals surface area contributed by atoms with E-state index in [1.807, 2.05) is 18.5 Å². The molecule has 7 heterocycles. The number of methoxy groups -OCH3 is 2. The first kappa shape index (κ1) is 59.9. The molecule has 11 rings (SSSR count). The molecule has 84 heavy (non-hydrogen) atoms. The lowest BCUT2D eigenvalue weighted by molar-refractivity contribution is -0.120. The number of hydrogen-bond donors (Lipinski definition) is 2. The van der Waals surface area contributed by atoms with Crippen molar-refractivity contribution < 1.29 is 58.2 Å². The number of aryl methyl sites for hydroxylation is 2. The number of ketones is 2. The van der Waals surface area contributed by atoms with Gasteiger partial charge in [-0.1, -0.05) is 12.1 Å². The van der Waals surface area contributed by atoms with Crippen molar-refractivity contribution in [3.63, 3.8) is 0 Å². The number of anilines is 4. The number of pyridine rings is 2. The number of sulfone groups is 2. The molecule has 0 amide bonds. The molecule has 2 aliphatic carbocycles. The van der Waals surface area contributed by atoms with Gasteiger partial charge in [0.2, 0.25) is 0 Å². The quantitative estimate of drug-likeness (QED) is 0.0399. The zero-order valence-electron chi connectivity index (χ0n) is 46.9. The molecule has 26 heteroatoms. The Kier molecular flexibility index (Phi) is 18.2. The second-order valence-corrected chi connectivity index (χ2v) is 25.5. The van der Waals surface area contributed by atoms with Gasteiger partial charge in [-0.2, -0.15) is 10.2 Å². The van der Waals surface area contributed by atoms with Crippen molar-refractivity contribution in [1.82, 2.24) is 39.1 Å². The number of halogens is 4. The van der Waals surface area contributed by atoms with E-state index in [-0.39, 0.29) is 92.1 Å². The summed E-state index contributed by atoms with van der Waals surface area (Å²) in [7, 11) is -4.20. The van der Waals surface area contributed by atoms with Crippen LogP contribution in [0.25, 0.3) is 33.7 Å². The van der Waals surface area contributed by atoms with Crippen molar-refractivity contribution in [3.05, 3.63) is 96.0 Å². The van der Waals surface area contributed by atoms with Crippen molar-refractivity contribution >= 4 is 76.6 Å². The maximum atomic E-state index is 14.4. The minimum absolute atomic E-state index is 0.00127. The number of Topliss-reactive ketones (excluding diaryl/α,β-unsaturated/α-hetero) is 2. The van der Waals surface area contributed by atoms with Crippen LogP contribution < -0.4 is 10.6 Å². The van der Waals surface area contributed by atoms with Gasteiger partial charge in [0.05, 0.1) is 66.7 Å². The number of imidazole rings is 1. The molecule has 20 nitrogen and oxygen atoms in total. The number of hydrogen-bond acceptors (Lipinski definition) is 17. The van der Waals surface area contributed by atoms with Crippen LogP contribution in [0.4, 0.5) is 46.0 Å². The van der Waals surface area contributed by atoms with Crippen LogP contribution in [-0.2, 0) is 75.8 Å². The molecule has 446 valence electrons. The maximum Gasteiger partial charge on any atom is 0.295 e. The summed E-state index contributed by atoms with van der Waals surface area (Å²) in [4.78, 5) is 42.7. The number of aromatic nitrogens is 8. The summed E-state index contributed by atoms with van der Waals surface area (Å²) in [6.45, 7) is 2.93. The monoisotopic (exact) mass is 1200 g/mol. The first-order valence-electron chi connectivity index (χ1n) is 27.8. The lowest BCUT2D eigenvalue weighted by Gasteiger charge is -2.25. The molecule has 7 aromatic rings. The molecular formula is C58H65F4N11O9S2. The average molecular weight is 1200 g/mol. The summed E-state index contributed by atoms with van der Waals surface area (Å²) in [5.41, 5.74) is 4.89. The fourth-order valence-electron chi connectivity index (χ4n) is 10.2. The number of carbonyl (C=O) groups excluding carboxylic acids is 2. The first-order chi connectivity index (χ1) is 40.2. The molecule has 0 radical (unpaired) electrons. The Morgan fingerprint density at radius 3 is 1.69 bits per heavy atom. The number of benzene rings is 2. The number of rotatable bonds is 25. The SMILES string of the molecule is COCCCn1ccc(-c2ccc(Nc3cc(CC(=O)C4CC4)nc4c3N=C(C(F)F)C4)c(S(C)(=O)=O)c2)n1.COCCCn1ccc(-c2ccc(Nc3cc(CC(=O)C4CC4)nc4c3nc(C(F)F)n4C3CCCCO3)c(S(C)(=O)=O)c2)n1. The van der Waals surface area contributed by atoms with Crippen LogP contribution in [0.2, 0.25) is 0 Å². The van der Waals surface area contributed by atoms with Gasteiger partial charge in [0, 0.05) is 114 Å². The second-order valence-electron chi connectivity index (χ2n) is 21.5. The van der Waals surface area contributed by atoms with Gasteiger partial charge < -0.3 is 24.8 Å². The number of aliphatic imine (C=N–C) groups is 1. The van der Waals surface area contributed by atoms with Gasteiger partial charge >= 0.3 is 0 Å². The summed E-state index contributed by atoms with van der Waals surface area (Å²) in [5, 5.41) is 15.4. The number of nitrogens with zero attached hydrogens (tertiary/aromatic N) is 9. The Balaban J connectivity index is 0.000000189. The topological polar surface area (TPSA) is 246 Å². The summed E-state index contributed by atoms with van der Waals surface area (Å²) in [6.07, 6.45) is 6.56. The third-order valence-electron chi connectivity index (χ3n) is 14.8. The molecule has 0 bridgehead atoms. The molecule has 1 unspecified atom stereocenters. The molecule has 4 aliphatic rings. The Hall–Kier alpha value is -7.26. The largest absolute Gasteiger partial charge is 0.385 e. The zero-order valence-corrected chi connectivity index (χ0v) is 48.5. The van der Waals surface area contributed by atoms with Gasteiger partial charge in [0.25, 0.3) is 12.9 Å². The molecule has 5 aromatic heterocycles. The number of alkyl halides is 4. The highest BCUT2D eigenvalue weighted by molar-refractivity contribution is 7.91. The molecule has 3 fully saturated rings. The van der Waals surface area contributed by atoms with Crippen molar-refractivity contribution in [1.29, 1.82) is 0 Å². The lowest BCUT2D eigenvalue weighted by atomic mass is 10.1. The van der Waals surface area contributed by atoms with Gasteiger partial charge in [0.1, 0.15) is 29.0 Å². The highest BCUT2D eigenvalue weighted by Gasteiger charge is 2.34. The van der Waals surface area contributed by atoms with Gasteiger partial charge in [-0.05, 0) is 106 Å². The summed E-state index contributed by atoms with van der Waals surface area (Å²) < 4.78 is 128. The summed E-state index contributed by atoms with van der Waals surface area (Å²) >= 11 is 0. The normalized spacial score (nSPS) is 16.2. The number of carbonyl (C=O) groups is 2. The lowest BCUT2D eigenvalue weighted by Crippen LogP contribution is -2.21. The maximum absolute atomic E-state index is 14.4. The van der Waals surface area contributed by atoms with Gasteiger partial charge in [-0.15, -0.1) is 0 Å². The molecule has 2 saturated carbocycles. The molecular weight excluding hydrogens is 1130 g/mol. The zero-order chi connectivity index (χ0) is 59.5. The van der Waals surface area contributed by atoms with E-state index in [9.17, 15) is 44.0 Å². The standard InChI is InChI=1S/C31H36F2N6O5S.C27H29F2N5O4S/c1-43-14-5-12-38-13-11-22(37-38)20-9-10-23(26(16-20)45(2,41)42)35-24-17-21(18-25(40)19-7-8-19)34-30-28(24)36-31(29(32)33)39(30)27-6-3-4-15-44-27;1-38-11-3-9-34-10-8-19(33-34)17-6-7-20(25(12-17)39(2,36)37)31-21-13-18(14-24(35)16-4-5-16)30-22-15-23(27(28)29)32-26(21)22/h9-11,13,16-17,19,27,29H,3-8,12,14-15,18H2,1-2H3,(H,34,35);6-8,10,12-13,16,27H,3-5,9,11,14-15H2,1-2H3,(H,30,31). The van der Waals surface area contributed by atoms with Crippen molar-refractivity contribution in [2.75, 3.05) is 57.2 Å². The van der Waals surface area contributed by atoms with Crippen LogP contribution in [0, 0.1) is 11.8 Å². The summed E-state index contributed by atoms with van der Waals surface area (Å²) in [5.74, 6) is -0.390. The van der Waals surface area contributed by atoms with Gasteiger partial charge in [-0.3, -0.25) is 28.5 Å². The third kappa shape index (κ3) is 14.3. The van der Waals surface area contributed by atoms with Gasteiger partial charge in [0.15, 0.2) is 31.1 Å². The van der Waals surface area contributed by atoms with E-state index in [1.54, 1.807) is 66.0 Å². The smallest absolute Gasteiger partial charge is 0.295 e. The van der Waals surface area contributed by atoms with E-state index in [0.717, 1.165) is 63.9 Å². The predicted molar refractivity (Wildman–Crippen MR) is 306 cm³/mol. The first-order valence-corrected chi connectivity index (χ1v) is 31.6. The third-order valence-corrected chi connectivity index (χ3v) is 17.0. The minimum Gasteiger partial charge on any atom is -0.385 e. The Labute approximate surface area is 483 Å². The van der Waals surface area contributed by atoms with E-state index >= 15 is 0 Å². The Morgan fingerprint density at radius 2 is 1.20 bits per heavy atom. The van der Waals surface area contributed by atoms with Crippen molar-refractivity contribution in [2.24, 2.45) is 16.8 Å². The molecule has 1 atom stereocenters. The van der Waals surface area contributed by atoms with E-state index in [1.165, 1.54) is 16.7 Å². The van der Waals surface area contributed by atoms with Crippen molar-refractivity contribution in [3.8, 4) is 22.5 Å². The minimum atomic E-state index is -3.76. The predicted octanol–water partition coefficient (Wildman–Crippen LogP) is 10.2. The van der Waals surface area contributed by atoms with E-state index in [0.29, 0.717) is 84.6 Å². The molecule has 2 N–H and O–H groups in total. The van der Waals surface area contributed by atoms with E-state index in [2.05, 4.69) is 40.8 Å². The fraction of sp³-hybridized carbons (Fsp3) is 0.448. The van der Waals surface area contributed by atoms with Crippen LogP contribution >= 0.6 is 0 Å². The molecule has 2 aliphatic heterocycles. The second kappa shape index (κ2) is 25.5. The van der Waals surface area contributed by atoms with Gasteiger partial charge in [-0.25, -0.2) is 49.4 Å². The van der Waals surface area contributed by atoms with Crippen LogP contribution in [0.15, 0.2) is 87.8 Å². The number of ether oxygens (including phenoxy) is 3. The van der Waals surface area contributed by atoms with E-state index in [4.69, 9.17) is 14.2 Å². The summed E-state index contributed by atoms with van der Waals surface area (Å²) in [6, 6.07) is 16.6. The molecule has 2 aromatic carbocycles. The highest BCUT2D eigenvalue weighted by atomic mass is 32.2. The molecule has 0 spiro atoms. The number of fused-ring (bicyclic) bond motifs is 2. The fourth-order valence-corrected chi connectivity index (χ4v) is 11.9. The number of nitrogens with one attached hydrogen (secondary N) is 2. The van der Waals surface area contributed by atoms with E-state index < -0.39 is 44.6 Å². The Bertz CT molecular complexity index is 3850.